The molecule has 1 saturated heterocycles. The number of hydrogen-bond donors (Lipinski definition) is 2. The van der Waals surface area contributed by atoms with Crippen molar-refractivity contribution >= 4 is 40.6 Å². The summed E-state index contributed by atoms with van der Waals surface area (Å²) in [6.07, 6.45) is 5.35. The second-order valence-electron chi connectivity index (χ2n) is 6.40. The zero-order valence-corrected chi connectivity index (χ0v) is 16.9. The highest BCUT2D eigenvalue weighted by Crippen LogP contribution is 2.23. The number of nitrogens with zero attached hydrogens (tertiary/aromatic N) is 2. The molecule has 1 aromatic carbocycles. The van der Waals surface area contributed by atoms with E-state index in [-0.39, 0.29) is 18.5 Å². The molecule has 1 fully saturated rings. The monoisotopic (exact) mass is 416 g/mol. The molecule has 0 radical (unpaired) electrons. The number of carbonyl (C=O) groups excluding carboxylic acids is 2. The number of terminal acetylenes is 1. The molecule has 2 heterocycles. The number of benzene rings is 1. The van der Waals surface area contributed by atoms with Gasteiger partial charge in [-0.3, -0.25) is 9.69 Å². The number of rotatable bonds is 5. The fraction of sp³-hybridized carbons (Fsp3) is 0.300. The quantitative estimate of drug-likeness (QED) is 0.736. The van der Waals surface area contributed by atoms with Crippen molar-refractivity contribution in [2.75, 3.05) is 38.0 Å². The molecule has 146 valence electrons. The zero-order valence-electron chi connectivity index (χ0n) is 15.3. The second-order valence-corrected chi connectivity index (χ2v) is 8.20. The lowest BCUT2D eigenvalue weighted by molar-refractivity contribution is -0.115. The number of anilines is 1. The van der Waals surface area contributed by atoms with Crippen molar-refractivity contribution in [3.63, 3.8) is 0 Å². The van der Waals surface area contributed by atoms with Crippen LogP contribution < -0.4 is 10.6 Å². The molecule has 1 aliphatic heterocycles. The van der Waals surface area contributed by atoms with E-state index in [1.54, 1.807) is 40.5 Å². The van der Waals surface area contributed by atoms with Crippen LogP contribution in [0.4, 0.5) is 10.5 Å². The molecule has 1 aromatic heterocycles. The van der Waals surface area contributed by atoms with Gasteiger partial charge in [0.1, 0.15) is 0 Å². The van der Waals surface area contributed by atoms with Gasteiger partial charge in [-0.15, -0.1) is 17.8 Å². The van der Waals surface area contributed by atoms with E-state index in [9.17, 15) is 9.59 Å². The first kappa shape index (κ1) is 20.2. The number of piperazine rings is 1. The van der Waals surface area contributed by atoms with Crippen molar-refractivity contribution in [2.45, 2.75) is 6.54 Å². The second kappa shape index (κ2) is 9.60. The van der Waals surface area contributed by atoms with Crippen LogP contribution in [0.25, 0.3) is 0 Å². The normalized spacial score (nSPS) is 14.4. The predicted octanol–water partition coefficient (Wildman–Crippen LogP) is 2.85. The maximum absolute atomic E-state index is 12.3. The molecule has 2 N–H and O–H groups in total. The molecule has 0 saturated carbocycles. The highest BCUT2D eigenvalue weighted by atomic mass is 35.5. The molecular formula is C20H21ClN4O2S. The number of urea groups is 1. The van der Waals surface area contributed by atoms with Crippen molar-refractivity contribution in [3.05, 3.63) is 51.2 Å². The summed E-state index contributed by atoms with van der Waals surface area (Å²) >= 11 is 7.55. The summed E-state index contributed by atoms with van der Waals surface area (Å²) in [6, 6.07) is 10.7. The van der Waals surface area contributed by atoms with Gasteiger partial charge in [0.15, 0.2) is 0 Å². The number of amides is 3. The van der Waals surface area contributed by atoms with E-state index in [4.69, 9.17) is 18.0 Å². The average molecular weight is 417 g/mol. The van der Waals surface area contributed by atoms with Crippen LogP contribution in [0, 0.1) is 12.3 Å². The fourth-order valence-electron chi connectivity index (χ4n) is 2.93. The van der Waals surface area contributed by atoms with E-state index in [0.717, 1.165) is 24.0 Å². The molecule has 0 bridgehead atoms. The maximum Gasteiger partial charge on any atom is 0.317 e. The lowest BCUT2D eigenvalue weighted by Gasteiger charge is -2.34. The minimum Gasteiger partial charge on any atom is -0.329 e. The summed E-state index contributed by atoms with van der Waals surface area (Å²) < 4.78 is 0.789. The fourth-order valence-corrected chi connectivity index (χ4v) is 4.06. The van der Waals surface area contributed by atoms with Gasteiger partial charge in [-0.05, 0) is 30.3 Å². The molecule has 2 aromatic rings. The molecular weight excluding hydrogens is 396 g/mol. The number of thiophene rings is 1. The summed E-state index contributed by atoms with van der Waals surface area (Å²) in [5.74, 6) is 2.22. The van der Waals surface area contributed by atoms with Gasteiger partial charge in [-0.25, -0.2) is 4.79 Å². The minimum absolute atomic E-state index is 0.0903. The van der Waals surface area contributed by atoms with Crippen LogP contribution in [0.3, 0.4) is 0 Å². The Morgan fingerprint density at radius 1 is 1.18 bits per heavy atom. The van der Waals surface area contributed by atoms with Gasteiger partial charge >= 0.3 is 6.03 Å². The Hall–Kier alpha value is -2.53. The lowest BCUT2D eigenvalue weighted by atomic mass is 10.2. The SMILES string of the molecule is C#Cc1cccc(NC(=O)CNC(=O)N2CCN(Cc3ccc(Cl)s3)CC2)c1. The van der Waals surface area contributed by atoms with Crippen LogP contribution in [0.2, 0.25) is 4.34 Å². The molecule has 28 heavy (non-hydrogen) atoms. The molecule has 0 atom stereocenters. The van der Waals surface area contributed by atoms with Crippen LogP contribution in [0.1, 0.15) is 10.4 Å². The largest absolute Gasteiger partial charge is 0.329 e. The van der Waals surface area contributed by atoms with Crippen molar-refractivity contribution in [1.29, 1.82) is 0 Å². The van der Waals surface area contributed by atoms with Gasteiger partial charge in [-0.1, -0.05) is 23.6 Å². The number of hydrogen-bond acceptors (Lipinski definition) is 4. The number of halogens is 1. The highest BCUT2D eigenvalue weighted by molar-refractivity contribution is 7.16. The van der Waals surface area contributed by atoms with Gasteiger partial charge in [0, 0.05) is 48.9 Å². The van der Waals surface area contributed by atoms with Gasteiger partial charge in [0.25, 0.3) is 0 Å². The van der Waals surface area contributed by atoms with E-state index in [1.807, 2.05) is 12.1 Å². The van der Waals surface area contributed by atoms with Crippen LogP contribution >= 0.6 is 22.9 Å². The summed E-state index contributed by atoms with van der Waals surface area (Å²) in [6.45, 7) is 3.56. The van der Waals surface area contributed by atoms with Crippen molar-refractivity contribution in [2.24, 2.45) is 0 Å². The standard InChI is InChI=1S/C20H21ClN4O2S/c1-2-15-4-3-5-16(12-15)23-19(26)13-22-20(27)25-10-8-24(9-11-25)14-17-6-7-18(21)28-17/h1,3-7,12H,8-11,13-14H2,(H,22,27)(H,23,26). The van der Waals surface area contributed by atoms with E-state index in [1.165, 1.54) is 4.88 Å². The Morgan fingerprint density at radius 3 is 2.64 bits per heavy atom. The molecule has 3 rings (SSSR count). The Kier molecular flexibility index (Phi) is 6.93. The lowest BCUT2D eigenvalue weighted by Crippen LogP contribution is -2.52. The van der Waals surface area contributed by atoms with Gasteiger partial charge in [0.2, 0.25) is 5.91 Å². The third-order valence-electron chi connectivity index (χ3n) is 4.38. The molecule has 0 spiro atoms. The molecule has 1 aliphatic rings. The first-order valence-electron chi connectivity index (χ1n) is 8.89. The first-order chi connectivity index (χ1) is 13.5. The summed E-state index contributed by atoms with van der Waals surface area (Å²) in [7, 11) is 0. The van der Waals surface area contributed by atoms with E-state index < -0.39 is 0 Å². The molecule has 3 amide bonds. The van der Waals surface area contributed by atoms with Crippen LogP contribution in [-0.2, 0) is 11.3 Å². The van der Waals surface area contributed by atoms with Crippen molar-refractivity contribution in [3.8, 4) is 12.3 Å². The minimum atomic E-state index is -0.296. The third-order valence-corrected chi connectivity index (χ3v) is 5.60. The summed E-state index contributed by atoms with van der Waals surface area (Å²) in [5.41, 5.74) is 1.29. The summed E-state index contributed by atoms with van der Waals surface area (Å²) in [4.78, 5) is 29.6. The van der Waals surface area contributed by atoms with Gasteiger partial charge in [0.05, 0.1) is 10.9 Å². The highest BCUT2D eigenvalue weighted by Gasteiger charge is 2.21. The van der Waals surface area contributed by atoms with Crippen molar-refractivity contribution < 1.29 is 9.59 Å². The summed E-state index contributed by atoms with van der Waals surface area (Å²) in [5, 5.41) is 5.40. The Balaban J connectivity index is 1.39. The Bertz CT molecular complexity index is 884. The first-order valence-corrected chi connectivity index (χ1v) is 10.1. The smallest absolute Gasteiger partial charge is 0.317 e. The van der Waals surface area contributed by atoms with E-state index in [2.05, 4.69) is 21.5 Å². The molecule has 0 aliphatic carbocycles. The average Bonchev–Trinajstić information content (AvgIpc) is 3.11. The Labute approximate surface area is 173 Å². The predicted molar refractivity (Wildman–Crippen MR) is 113 cm³/mol. The van der Waals surface area contributed by atoms with Crippen LogP contribution in [-0.4, -0.2) is 54.5 Å². The maximum atomic E-state index is 12.3. The van der Waals surface area contributed by atoms with Crippen molar-refractivity contribution in [1.82, 2.24) is 15.1 Å². The number of nitrogens with one attached hydrogen (secondary N) is 2. The molecule has 8 heteroatoms. The van der Waals surface area contributed by atoms with Crippen LogP contribution in [0.15, 0.2) is 36.4 Å². The van der Waals surface area contributed by atoms with Gasteiger partial charge < -0.3 is 15.5 Å². The third kappa shape index (κ3) is 5.73. The molecule has 0 unspecified atom stereocenters. The van der Waals surface area contributed by atoms with E-state index >= 15 is 0 Å². The van der Waals surface area contributed by atoms with Crippen LogP contribution in [0.5, 0.6) is 0 Å². The topological polar surface area (TPSA) is 64.7 Å². The zero-order chi connectivity index (χ0) is 19.9. The van der Waals surface area contributed by atoms with Gasteiger partial charge in [-0.2, -0.15) is 0 Å². The Morgan fingerprint density at radius 2 is 1.96 bits per heavy atom. The number of carbonyl (C=O) groups is 2. The molecule has 6 nitrogen and oxygen atoms in total. The van der Waals surface area contributed by atoms with E-state index in [0.29, 0.717) is 24.3 Å².